The molecule has 0 atom stereocenters. The summed E-state index contributed by atoms with van der Waals surface area (Å²) in [5.41, 5.74) is 2.13. The van der Waals surface area contributed by atoms with Crippen molar-refractivity contribution in [2.24, 2.45) is 0 Å². The second kappa shape index (κ2) is 7.35. The molecule has 0 aliphatic rings. The Labute approximate surface area is 163 Å². The number of hydrogen-bond acceptors (Lipinski definition) is 5. The zero-order chi connectivity index (χ0) is 18.8. The van der Waals surface area contributed by atoms with E-state index in [1.54, 1.807) is 12.1 Å². The van der Waals surface area contributed by atoms with Gasteiger partial charge in [-0.15, -0.1) is 11.3 Å². The van der Waals surface area contributed by atoms with Crippen molar-refractivity contribution in [2.75, 3.05) is 11.9 Å². The van der Waals surface area contributed by atoms with Crippen molar-refractivity contribution in [3.8, 4) is 16.6 Å². The van der Waals surface area contributed by atoms with Crippen molar-refractivity contribution in [1.29, 1.82) is 5.26 Å². The molecule has 0 spiro atoms. The first-order chi connectivity index (χ1) is 13.2. The van der Waals surface area contributed by atoms with Gasteiger partial charge in [0.05, 0.1) is 16.1 Å². The molecule has 4 rings (SSSR count). The second-order valence-corrected chi connectivity index (χ2v) is 7.13. The summed E-state index contributed by atoms with van der Waals surface area (Å²) in [6.07, 6.45) is 1.45. The maximum Gasteiger partial charge on any atom is 0.134 e. The van der Waals surface area contributed by atoms with Gasteiger partial charge in [0.1, 0.15) is 29.7 Å². The normalized spacial score (nSPS) is 10.9. The number of hydrogen-bond donors (Lipinski definition) is 1. The van der Waals surface area contributed by atoms with E-state index in [0.717, 1.165) is 15.8 Å². The maximum absolute atomic E-state index is 13.2. The van der Waals surface area contributed by atoms with Crippen molar-refractivity contribution < 1.29 is 4.39 Å². The van der Waals surface area contributed by atoms with Crippen molar-refractivity contribution in [3.05, 3.63) is 64.6 Å². The highest BCUT2D eigenvalue weighted by Crippen LogP contribution is 2.27. The van der Waals surface area contributed by atoms with Crippen LogP contribution in [0.15, 0.2) is 48.1 Å². The third kappa shape index (κ3) is 3.50. The molecule has 0 unspecified atom stereocenters. The molecule has 5 nitrogen and oxygen atoms in total. The lowest BCUT2D eigenvalue weighted by Crippen LogP contribution is -2.12. The van der Waals surface area contributed by atoms with Gasteiger partial charge in [-0.05, 0) is 24.3 Å². The Hall–Kier alpha value is -2.95. The molecule has 3 aromatic heterocycles. The number of nitrogens with one attached hydrogen (secondary N) is 1. The summed E-state index contributed by atoms with van der Waals surface area (Å²) in [5, 5.41) is 15.6. The number of anilines is 1. The Morgan fingerprint density at radius 2 is 2.15 bits per heavy atom. The molecule has 0 fully saturated rings. The fraction of sp³-hybridized carbons (Fsp3) is 0.105. The zero-order valence-electron chi connectivity index (χ0n) is 14.0. The summed E-state index contributed by atoms with van der Waals surface area (Å²) in [6, 6.07) is 12.9. The van der Waals surface area contributed by atoms with Gasteiger partial charge in [0.2, 0.25) is 0 Å². The van der Waals surface area contributed by atoms with Crippen LogP contribution in [-0.4, -0.2) is 21.1 Å². The van der Waals surface area contributed by atoms with E-state index in [1.807, 2.05) is 22.8 Å². The molecule has 4 aromatic rings. The van der Waals surface area contributed by atoms with Gasteiger partial charge in [0.25, 0.3) is 0 Å². The lowest BCUT2D eigenvalue weighted by molar-refractivity contribution is 0.633. The van der Waals surface area contributed by atoms with Gasteiger partial charge in [-0.2, -0.15) is 5.26 Å². The molecule has 0 aliphatic heterocycles. The van der Waals surface area contributed by atoms with E-state index in [9.17, 15) is 9.65 Å². The topological polar surface area (TPSA) is 66.5 Å². The minimum atomic E-state index is -0.273. The van der Waals surface area contributed by atoms with E-state index in [1.165, 1.54) is 29.1 Å². The molecule has 134 valence electrons. The molecule has 0 saturated carbocycles. The van der Waals surface area contributed by atoms with E-state index >= 15 is 0 Å². The fourth-order valence-electron chi connectivity index (χ4n) is 2.91. The monoisotopic (exact) mass is 397 g/mol. The van der Waals surface area contributed by atoms with Crippen LogP contribution in [-0.2, 0) is 6.54 Å². The largest absolute Gasteiger partial charge is 0.368 e. The first kappa shape index (κ1) is 17.5. The molecule has 8 heteroatoms. The molecule has 3 heterocycles. The van der Waals surface area contributed by atoms with E-state index in [2.05, 4.69) is 21.4 Å². The first-order valence-corrected chi connectivity index (χ1v) is 9.39. The smallest absolute Gasteiger partial charge is 0.134 e. The minimum absolute atomic E-state index is 0.273. The predicted molar refractivity (Wildman–Crippen MR) is 105 cm³/mol. The summed E-state index contributed by atoms with van der Waals surface area (Å²) < 4.78 is 15.1. The third-order valence-electron chi connectivity index (χ3n) is 4.14. The molecular formula is C19H13ClFN5S. The van der Waals surface area contributed by atoms with Gasteiger partial charge in [-0.3, -0.25) is 0 Å². The molecular weight excluding hydrogens is 385 g/mol. The summed E-state index contributed by atoms with van der Waals surface area (Å²) in [5.74, 6) is 0.368. The van der Waals surface area contributed by atoms with Gasteiger partial charge in [0, 0.05) is 34.9 Å². The zero-order valence-corrected chi connectivity index (χ0v) is 15.6. The lowest BCUT2D eigenvalue weighted by atomic mass is 10.2. The Balaban J connectivity index is 1.52. The van der Waals surface area contributed by atoms with Crippen LogP contribution in [0.5, 0.6) is 0 Å². The van der Waals surface area contributed by atoms with E-state index in [4.69, 9.17) is 11.6 Å². The number of rotatable bonds is 5. The van der Waals surface area contributed by atoms with Gasteiger partial charge in [0.15, 0.2) is 0 Å². The van der Waals surface area contributed by atoms with Crippen molar-refractivity contribution >= 4 is 39.7 Å². The van der Waals surface area contributed by atoms with Crippen LogP contribution in [0.2, 0.25) is 5.02 Å². The maximum atomic E-state index is 13.2. The Morgan fingerprint density at radius 3 is 2.93 bits per heavy atom. The van der Waals surface area contributed by atoms with Crippen molar-refractivity contribution in [2.45, 2.75) is 6.54 Å². The molecule has 0 aliphatic carbocycles. The Bertz CT molecular complexity index is 1160. The number of halogens is 2. The van der Waals surface area contributed by atoms with Crippen LogP contribution in [0.1, 0.15) is 5.69 Å². The predicted octanol–water partition coefficient (Wildman–Crippen LogP) is 4.94. The Morgan fingerprint density at radius 1 is 1.26 bits per heavy atom. The molecule has 1 N–H and O–H groups in total. The molecule has 0 radical (unpaired) electrons. The van der Waals surface area contributed by atoms with E-state index in [-0.39, 0.29) is 5.82 Å². The average Bonchev–Trinajstić information content (AvgIpc) is 3.27. The van der Waals surface area contributed by atoms with Gasteiger partial charge in [-0.1, -0.05) is 17.7 Å². The molecule has 0 saturated heterocycles. The first-order valence-electron chi connectivity index (χ1n) is 8.14. The van der Waals surface area contributed by atoms with E-state index < -0.39 is 0 Å². The van der Waals surface area contributed by atoms with Crippen LogP contribution >= 0.6 is 22.9 Å². The number of aromatic nitrogens is 3. The van der Waals surface area contributed by atoms with Gasteiger partial charge < -0.3 is 9.88 Å². The molecule has 0 bridgehead atoms. The highest BCUT2D eigenvalue weighted by Gasteiger charge is 2.11. The number of thiophene rings is 1. The number of fused-ring (bicyclic) bond motifs is 1. The lowest BCUT2D eigenvalue weighted by Gasteiger charge is -2.10. The Kier molecular flexibility index (Phi) is 4.75. The van der Waals surface area contributed by atoms with Crippen molar-refractivity contribution in [3.63, 3.8) is 0 Å². The van der Waals surface area contributed by atoms with E-state index in [0.29, 0.717) is 35.3 Å². The number of nitriles is 1. The van der Waals surface area contributed by atoms with Crippen LogP contribution in [0.3, 0.4) is 0 Å². The minimum Gasteiger partial charge on any atom is -0.368 e. The number of benzene rings is 1. The standard InChI is InChI=1S/C19H13ClFN5S/c20-15-2-1-3-17-14(15)7-13(9-22)26(17)5-4-23-19-8-16(24-11-25-19)18-6-12(21)10-27-18/h1-3,6-8,10-11H,4-5H2,(H,23,24,25). The quantitative estimate of drug-likeness (QED) is 0.518. The second-order valence-electron chi connectivity index (χ2n) is 5.81. The molecule has 27 heavy (non-hydrogen) atoms. The SMILES string of the molecule is N#Cc1cc2c(Cl)cccc2n1CCNc1cc(-c2cc(F)cs2)ncn1. The van der Waals surface area contributed by atoms with Crippen LogP contribution in [0.4, 0.5) is 10.2 Å². The van der Waals surface area contributed by atoms with Crippen LogP contribution in [0.25, 0.3) is 21.5 Å². The third-order valence-corrected chi connectivity index (χ3v) is 5.39. The van der Waals surface area contributed by atoms with Crippen molar-refractivity contribution in [1.82, 2.24) is 14.5 Å². The summed E-state index contributed by atoms with van der Waals surface area (Å²) in [4.78, 5) is 9.14. The van der Waals surface area contributed by atoms with Crippen LogP contribution < -0.4 is 5.32 Å². The average molecular weight is 398 g/mol. The summed E-state index contributed by atoms with van der Waals surface area (Å²) in [6.45, 7) is 1.12. The van der Waals surface area contributed by atoms with Gasteiger partial charge in [-0.25, -0.2) is 14.4 Å². The van der Waals surface area contributed by atoms with Gasteiger partial charge >= 0.3 is 0 Å². The molecule has 1 aromatic carbocycles. The fourth-order valence-corrected chi connectivity index (χ4v) is 3.86. The highest BCUT2D eigenvalue weighted by molar-refractivity contribution is 7.13. The van der Waals surface area contributed by atoms with Crippen LogP contribution in [0, 0.1) is 17.1 Å². The number of nitrogens with zero attached hydrogens (tertiary/aromatic N) is 4. The highest BCUT2D eigenvalue weighted by atomic mass is 35.5. The summed E-state index contributed by atoms with van der Waals surface area (Å²) in [7, 11) is 0. The summed E-state index contributed by atoms with van der Waals surface area (Å²) >= 11 is 7.52. The molecule has 0 amide bonds.